The molecule has 2 nitrogen and oxygen atoms in total. The molecule has 0 saturated heterocycles. The molecule has 4 rings (SSSR count). The molecule has 1 atom stereocenters. The number of aliphatic hydroxyl groups is 1. The van der Waals surface area contributed by atoms with Crippen LogP contribution in [-0.4, -0.2) is 10.1 Å². The average molecular weight is 342 g/mol. The highest BCUT2D eigenvalue weighted by Crippen LogP contribution is 2.37. The zero-order valence-corrected chi connectivity index (χ0v) is 13.2. The molecule has 0 fully saturated rings. The number of hydrogen-bond acceptors (Lipinski definition) is 1. The Hall–Kier alpha value is -1.58. The quantitative estimate of drug-likeness (QED) is 0.679. The number of fused-ring (bicyclic) bond motifs is 2. The van der Waals surface area contributed by atoms with Gasteiger partial charge in [0, 0.05) is 22.1 Å². The van der Waals surface area contributed by atoms with E-state index in [2.05, 4.69) is 57.3 Å². The van der Waals surface area contributed by atoms with Crippen molar-refractivity contribution in [3.8, 4) is 0 Å². The van der Waals surface area contributed by atoms with Gasteiger partial charge in [-0.25, -0.2) is 0 Å². The molecule has 2 N–H and O–H groups in total. The van der Waals surface area contributed by atoms with Crippen molar-refractivity contribution in [2.75, 3.05) is 0 Å². The molecule has 3 heteroatoms. The highest BCUT2D eigenvalue weighted by Gasteiger charge is 2.35. The molecule has 1 aromatic heterocycles. The van der Waals surface area contributed by atoms with Gasteiger partial charge < -0.3 is 10.1 Å². The number of aromatic nitrogens is 1. The Kier molecular flexibility index (Phi) is 2.95. The zero-order chi connectivity index (χ0) is 14.4. The molecule has 1 unspecified atom stereocenters. The molecule has 1 aliphatic rings. The number of hydrogen-bond donors (Lipinski definition) is 2. The maximum absolute atomic E-state index is 11.1. The lowest BCUT2D eigenvalue weighted by molar-refractivity contribution is 0.0187. The normalized spacial score (nSPS) is 21.4. The molecule has 106 valence electrons. The molecular formula is C18H16BrNO. The van der Waals surface area contributed by atoms with E-state index in [0.29, 0.717) is 6.42 Å². The van der Waals surface area contributed by atoms with Gasteiger partial charge in [0.15, 0.2) is 0 Å². The van der Waals surface area contributed by atoms with Gasteiger partial charge in [-0.15, -0.1) is 0 Å². The zero-order valence-electron chi connectivity index (χ0n) is 11.6. The van der Waals surface area contributed by atoms with E-state index in [4.69, 9.17) is 0 Å². The molecular weight excluding hydrogens is 326 g/mol. The van der Waals surface area contributed by atoms with Crippen LogP contribution in [0.2, 0.25) is 0 Å². The number of benzene rings is 2. The maximum Gasteiger partial charge on any atom is 0.109 e. The first kappa shape index (κ1) is 13.1. The van der Waals surface area contributed by atoms with Gasteiger partial charge in [-0.3, -0.25) is 0 Å². The fourth-order valence-corrected chi connectivity index (χ4v) is 3.71. The fourth-order valence-electron chi connectivity index (χ4n) is 3.30. The average Bonchev–Trinajstić information content (AvgIpc) is 2.92. The molecule has 0 aliphatic heterocycles. The Bertz CT molecular complexity index is 790. The standard InChI is InChI=1S/C18H16BrNO/c19-15-6-5-14-11-18(21,8-7-12(14)9-15)17-10-13-3-1-2-4-16(13)20-17/h1-6,9-10,20-21H,7-8,11H2. The van der Waals surface area contributed by atoms with E-state index < -0.39 is 5.60 Å². The van der Waals surface area contributed by atoms with Crippen molar-refractivity contribution < 1.29 is 5.11 Å². The van der Waals surface area contributed by atoms with Crippen LogP contribution in [-0.2, 0) is 18.4 Å². The summed E-state index contributed by atoms with van der Waals surface area (Å²) in [5.74, 6) is 0. The molecule has 2 aromatic carbocycles. The lowest BCUT2D eigenvalue weighted by atomic mass is 9.78. The smallest absolute Gasteiger partial charge is 0.109 e. The highest BCUT2D eigenvalue weighted by atomic mass is 79.9. The molecule has 1 heterocycles. The number of nitrogens with one attached hydrogen (secondary N) is 1. The highest BCUT2D eigenvalue weighted by molar-refractivity contribution is 9.10. The van der Waals surface area contributed by atoms with Crippen molar-refractivity contribution in [1.82, 2.24) is 4.98 Å². The largest absolute Gasteiger partial charge is 0.383 e. The van der Waals surface area contributed by atoms with Gasteiger partial charge in [-0.2, -0.15) is 0 Å². The predicted molar refractivity (Wildman–Crippen MR) is 88.4 cm³/mol. The minimum absolute atomic E-state index is 0.669. The summed E-state index contributed by atoms with van der Waals surface area (Å²) in [6.07, 6.45) is 2.33. The van der Waals surface area contributed by atoms with Crippen LogP contribution in [0.4, 0.5) is 0 Å². The van der Waals surface area contributed by atoms with Gasteiger partial charge in [0.2, 0.25) is 0 Å². The van der Waals surface area contributed by atoms with E-state index in [1.54, 1.807) is 0 Å². The van der Waals surface area contributed by atoms with E-state index in [1.807, 2.05) is 12.1 Å². The summed E-state index contributed by atoms with van der Waals surface area (Å²) in [5, 5.41) is 12.3. The van der Waals surface area contributed by atoms with Crippen LogP contribution in [0.5, 0.6) is 0 Å². The molecule has 0 radical (unpaired) electrons. The number of halogens is 1. The van der Waals surface area contributed by atoms with Gasteiger partial charge in [0.1, 0.15) is 5.60 Å². The topological polar surface area (TPSA) is 36.0 Å². The van der Waals surface area contributed by atoms with Crippen molar-refractivity contribution in [2.24, 2.45) is 0 Å². The first-order valence-corrected chi connectivity index (χ1v) is 8.01. The van der Waals surface area contributed by atoms with Gasteiger partial charge in [0.05, 0.1) is 0 Å². The Balaban J connectivity index is 1.76. The summed E-state index contributed by atoms with van der Waals surface area (Å²) >= 11 is 3.52. The van der Waals surface area contributed by atoms with E-state index >= 15 is 0 Å². The number of rotatable bonds is 1. The summed E-state index contributed by atoms with van der Waals surface area (Å²) in [6, 6.07) is 16.6. The second-order valence-corrected chi connectivity index (χ2v) is 6.81. The lowest BCUT2D eigenvalue weighted by Gasteiger charge is -2.33. The second kappa shape index (κ2) is 4.72. The van der Waals surface area contributed by atoms with E-state index in [-0.39, 0.29) is 0 Å². The molecule has 3 aromatic rings. The van der Waals surface area contributed by atoms with Crippen molar-refractivity contribution in [2.45, 2.75) is 24.9 Å². The monoisotopic (exact) mass is 341 g/mol. The van der Waals surface area contributed by atoms with Crippen LogP contribution in [0.1, 0.15) is 23.2 Å². The Morgan fingerprint density at radius 1 is 1.05 bits per heavy atom. The van der Waals surface area contributed by atoms with Crippen LogP contribution in [0.15, 0.2) is 53.0 Å². The van der Waals surface area contributed by atoms with Crippen LogP contribution in [0.25, 0.3) is 10.9 Å². The van der Waals surface area contributed by atoms with E-state index in [1.165, 1.54) is 11.1 Å². The number of aryl methyl sites for hydroxylation is 1. The summed E-state index contributed by atoms with van der Waals surface area (Å²) in [5.41, 5.74) is 3.80. The number of aromatic amines is 1. The number of H-pyrrole nitrogens is 1. The van der Waals surface area contributed by atoms with Crippen molar-refractivity contribution >= 4 is 26.8 Å². The molecule has 0 saturated carbocycles. The summed E-state index contributed by atoms with van der Waals surface area (Å²) < 4.78 is 1.11. The third-order valence-electron chi connectivity index (χ3n) is 4.49. The van der Waals surface area contributed by atoms with Crippen LogP contribution < -0.4 is 0 Å². The summed E-state index contributed by atoms with van der Waals surface area (Å²) in [6.45, 7) is 0. The van der Waals surface area contributed by atoms with Crippen molar-refractivity contribution in [1.29, 1.82) is 0 Å². The Morgan fingerprint density at radius 2 is 1.90 bits per heavy atom. The first-order valence-electron chi connectivity index (χ1n) is 7.22. The molecule has 0 bridgehead atoms. The SMILES string of the molecule is OC1(c2cc3ccccc3[nH]2)CCc2cc(Br)ccc2C1. The summed E-state index contributed by atoms with van der Waals surface area (Å²) in [4.78, 5) is 3.39. The van der Waals surface area contributed by atoms with Crippen LogP contribution in [0.3, 0.4) is 0 Å². The van der Waals surface area contributed by atoms with Gasteiger partial charge >= 0.3 is 0 Å². The second-order valence-electron chi connectivity index (χ2n) is 5.89. The van der Waals surface area contributed by atoms with Crippen LogP contribution in [0, 0.1) is 0 Å². The third kappa shape index (κ3) is 2.21. The Labute approximate surface area is 131 Å². The van der Waals surface area contributed by atoms with Crippen molar-refractivity contribution in [3.05, 3.63) is 69.8 Å². The minimum atomic E-state index is -0.792. The molecule has 0 spiro atoms. The van der Waals surface area contributed by atoms with Crippen molar-refractivity contribution in [3.63, 3.8) is 0 Å². The van der Waals surface area contributed by atoms with Gasteiger partial charge in [-0.05, 0) is 53.6 Å². The molecule has 21 heavy (non-hydrogen) atoms. The van der Waals surface area contributed by atoms with Gasteiger partial charge in [-0.1, -0.05) is 40.2 Å². The molecule has 0 amide bonds. The van der Waals surface area contributed by atoms with E-state index in [9.17, 15) is 5.11 Å². The Morgan fingerprint density at radius 3 is 2.76 bits per heavy atom. The fraction of sp³-hybridized carbons (Fsp3) is 0.222. The lowest BCUT2D eigenvalue weighted by Crippen LogP contribution is -2.33. The van der Waals surface area contributed by atoms with Gasteiger partial charge in [0.25, 0.3) is 0 Å². The third-order valence-corrected chi connectivity index (χ3v) is 4.98. The minimum Gasteiger partial charge on any atom is -0.383 e. The van der Waals surface area contributed by atoms with E-state index in [0.717, 1.165) is 33.9 Å². The predicted octanol–water partition coefficient (Wildman–Crippen LogP) is 4.31. The van der Waals surface area contributed by atoms with Crippen LogP contribution >= 0.6 is 15.9 Å². The maximum atomic E-state index is 11.1. The summed E-state index contributed by atoms with van der Waals surface area (Å²) in [7, 11) is 0. The molecule has 1 aliphatic carbocycles. The number of para-hydroxylation sites is 1. The first-order chi connectivity index (χ1) is 10.1.